The average molecular weight is 273 g/mol. The van der Waals surface area contributed by atoms with Crippen molar-refractivity contribution in [1.82, 2.24) is 4.57 Å². The van der Waals surface area contributed by atoms with Crippen LogP contribution < -0.4 is 9.47 Å². The van der Waals surface area contributed by atoms with Crippen molar-refractivity contribution in [3.63, 3.8) is 0 Å². The maximum atomic E-state index is 11.9. The molecule has 0 amide bonds. The lowest BCUT2D eigenvalue weighted by Gasteiger charge is -2.08. The van der Waals surface area contributed by atoms with Crippen LogP contribution in [0.5, 0.6) is 11.5 Å². The van der Waals surface area contributed by atoms with Gasteiger partial charge in [0.25, 0.3) is 5.91 Å². The number of ether oxygens (including phenoxy) is 2. The molecule has 0 fully saturated rings. The fourth-order valence-electron chi connectivity index (χ4n) is 1.73. The molecule has 0 N–H and O–H groups in total. The zero-order valence-electron chi connectivity index (χ0n) is 11.1. The number of hydrogen-bond acceptors (Lipinski definition) is 4. The van der Waals surface area contributed by atoms with Crippen molar-refractivity contribution < 1.29 is 19.1 Å². The second kappa shape index (κ2) is 6.56. The number of rotatable bonds is 6. The molecule has 1 heterocycles. The predicted molar refractivity (Wildman–Crippen MR) is 73.6 cm³/mol. The highest BCUT2D eigenvalue weighted by molar-refractivity contribution is 5.87. The molecule has 104 valence electrons. The largest absolute Gasteiger partial charge is 0.494 e. The quantitative estimate of drug-likeness (QED) is 0.758. The van der Waals surface area contributed by atoms with Crippen molar-refractivity contribution in [3.8, 4) is 11.5 Å². The Morgan fingerprint density at radius 1 is 1.15 bits per heavy atom. The van der Waals surface area contributed by atoms with Crippen molar-refractivity contribution in [1.29, 1.82) is 0 Å². The van der Waals surface area contributed by atoms with E-state index in [2.05, 4.69) is 0 Å². The summed E-state index contributed by atoms with van der Waals surface area (Å²) >= 11 is 0. The Morgan fingerprint density at radius 3 is 2.40 bits per heavy atom. The summed E-state index contributed by atoms with van der Waals surface area (Å²) < 4.78 is 12.0. The van der Waals surface area contributed by atoms with Gasteiger partial charge in [-0.3, -0.25) is 14.2 Å². The molecule has 1 aromatic heterocycles. The van der Waals surface area contributed by atoms with Gasteiger partial charge in [0.2, 0.25) is 0 Å². The summed E-state index contributed by atoms with van der Waals surface area (Å²) in [5.74, 6) is 1.02. The smallest absolute Gasteiger partial charge is 0.269 e. The minimum absolute atomic E-state index is 0.135. The summed E-state index contributed by atoms with van der Waals surface area (Å²) in [6, 6.07) is 10.2. The van der Waals surface area contributed by atoms with Crippen LogP contribution in [-0.4, -0.2) is 30.0 Å². The normalized spacial score (nSPS) is 10.1. The van der Waals surface area contributed by atoms with Gasteiger partial charge in [-0.25, -0.2) is 0 Å². The molecule has 0 aliphatic carbocycles. The van der Waals surface area contributed by atoms with Gasteiger partial charge in [0, 0.05) is 6.20 Å². The highest BCUT2D eigenvalue weighted by Crippen LogP contribution is 2.17. The van der Waals surface area contributed by atoms with E-state index in [4.69, 9.17) is 9.47 Å². The predicted octanol–water partition coefficient (Wildman–Crippen LogP) is 2.42. The second-order valence-corrected chi connectivity index (χ2v) is 4.01. The molecule has 2 rings (SSSR count). The van der Waals surface area contributed by atoms with Gasteiger partial charge in [-0.05, 0) is 43.3 Å². The summed E-state index contributed by atoms with van der Waals surface area (Å²) in [7, 11) is 0. The Bertz CT molecular complexity index is 586. The van der Waals surface area contributed by atoms with Crippen molar-refractivity contribution in [2.45, 2.75) is 6.92 Å². The van der Waals surface area contributed by atoms with Gasteiger partial charge in [-0.1, -0.05) is 0 Å². The van der Waals surface area contributed by atoms with Gasteiger partial charge in [0.05, 0.1) is 12.3 Å². The van der Waals surface area contributed by atoms with Gasteiger partial charge < -0.3 is 9.47 Å². The molecule has 5 nitrogen and oxygen atoms in total. The first kappa shape index (κ1) is 13.9. The molecular formula is C15H15NO4. The average Bonchev–Trinajstić information content (AvgIpc) is 2.95. The SMILES string of the molecule is CCOc1ccc(OCC(=O)n2cccc2C=O)cc1. The molecule has 0 radical (unpaired) electrons. The number of aldehydes is 1. The first-order chi connectivity index (χ1) is 9.74. The van der Waals surface area contributed by atoms with Gasteiger partial charge in [0.1, 0.15) is 11.5 Å². The Balaban J connectivity index is 1.94. The van der Waals surface area contributed by atoms with E-state index in [0.29, 0.717) is 24.3 Å². The molecule has 5 heteroatoms. The van der Waals surface area contributed by atoms with E-state index >= 15 is 0 Å². The van der Waals surface area contributed by atoms with E-state index in [1.807, 2.05) is 6.92 Å². The van der Waals surface area contributed by atoms with Crippen molar-refractivity contribution >= 4 is 12.2 Å². The zero-order chi connectivity index (χ0) is 14.4. The third-order valence-electron chi connectivity index (χ3n) is 2.67. The maximum Gasteiger partial charge on any atom is 0.269 e. The molecule has 20 heavy (non-hydrogen) atoms. The molecule has 0 spiro atoms. The Morgan fingerprint density at radius 2 is 1.80 bits per heavy atom. The van der Waals surface area contributed by atoms with E-state index in [1.54, 1.807) is 36.4 Å². The fraction of sp³-hybridized carbons (Fsp3) is 0.200. The van der Waals surface area contributed by atoms with Crippen LogP contribution in [0.1, 0.15) is 22.2 Å². The van der Waals surface area contributed by atoms with Crippen LogP contribution in [0.15, 0.2) is 42.6 Å². The molecule has 0 aliphatic heterocycles. The highest BCUT2D eigenvalue weighted by Gasteiger charge is 2.09. The third kappa shape index (κ3) is 3.26. The van der Waals surface area contributed by atoms with Crippen LogP contribution in [-0.2, 0) is 0 Å². The number of aromatic nitrogens is 1. The van der Waals surface area contributed by atoms with Crippen LogP contribution in [0, 0.1) is 0 Å². The summed E-state index contributed by atoms with van der Waals surface area (Å²) in [5.41, 5.74) is 0.310. The fourth-order valence-corrected chi connectivity index (χ4v) is 1.73. The van der Waals surface area contributed by atoms with Gasteiger partial charge >= 0.3 is 0 Å². The van der Waals surface area contributed by atoms with Crippen molar-refractivity contribution in [2.24, 2.45) is 0 Å². The Labute approximate surface area is 116 Å². The monoisotopic (exact) mass is 273 g/mol. The number of benzene rings is 1. The maximum absolute atomic E-state index is 11.9. The minimum Gasteiger partial charge on any atom is -0.494 e. The molecule has 0 saturated heterocycles. The highest BCUT2D eigenvalue weighted by atomic mass is 16.5. The van der Waals surface area contributed by atoms with E-state index < -0.39 is 0 Å². The summed E-state index contributed by atoms with van der Waals surface area (Å²) in [6.45, 7) is 2.37. The summed E-state index contributed by atoms with van der Waals surface area (Å²) in [4.78, 5) is 22.6. The molecule has 0 atom stereocenters. The number of carbonyl (C=O) groups excluding carboxylic acids is 2. The van der Waals surface area contributed by atoms with Gasteiger partial charge in [-0.2, -0.15) is 0 Å². The first-order valence-corrected chi connectivity index (χ1v) is 6.26. The first-order valence-electron chi connectivity index (χ1n) is 6.26. The molecule has 0 saturated carbocycles. The Kier molecular flexibility index (Phi) is 4.55. The molecule has 2 aromatic rings. The lowest BCUT2D eigenvalue weighted by atomic mass is 10.3. The van der Waals surface area contributed by atoms with Gasteiger partial charge in [-0.15, -0.1) is 0 Å². The lowest BCUT2D eigenvalue weighted by Crippen LogP contribution is -2.20. The minimum atomic E-state index is -0.300. The topological polar surface area (TPSA) is 57.5 Å². The van der Waals surface area contributed by atoms with Crippen LogP contribution in [0.25, 0.3) is 0 Å². The van der Waals surface area contributed by atoms with Gasteiger partial charge in [0.15, 0.2) is 12.9 Å². The third-order valence-corrected chi connectivity index (χ3v) is 2.67. The molecular weight excluding hydrogens is 258 g/mol. The second-order valence-electron chi connectivity index (χ2n) is 4.01. The van der Waals surface area contributed by atoms with E-state index in [0.717, 1.165) is 5.75 Å². The van der Waals surface area contributed by atoms with Crippen LogP contribution in [0.3, 0.4) is 0 Å². The standard InChI is InChI=1S/C15H15NO4/c1-2-19-13-5-7-14(8-6-13)20-11-15(18)16-9-3-4-12(16)10-17/h3-10H,2,11H2,1H3. The van der Waals surface area contributed by atoms with E-state index in [1.165, 1.54) is 10.8 Å². The lowest BCUT2D eigenvalue weighted by molar-refractivity contribution is 0.0829. The molecule has 1 aromatic carbocycles. The zero-order valence-corrected chi connectivity index (χ0v) is 11.1. The van der Waals surface area contributed by atoms with Crippen LogP contribution in [0.2, 0.25) is 0 Å². The molecule has 0 bridgehead atoms. The van der Waals surface area contributed by atoms with E-state index in [9.17, 15) is 9.59 Å². The van der Waals surface area contributed by atoms with Crippen molar-refractivity contribution in [2.75, 3.05) is 13.2 Å². The Hall–Kier alpha value is -2.56. The van der Waals surface area contributed by atoms with E-state index in [-0.39, 0.29) is 12.5 Å². The van der Waals surface area contributed by atoms with Crippen LogP contribution >= 0.6 is 0 Å². The summed E-state index contributed by atoms with van der Waals surface area (Å²) in [6.07, 6.45) is 2.17. The molecule has 0 aliphatic rings. The molecule has 0 unspecified atom stereocenters. The number of hydrogen-bond donors (Lipinski definition) is 0. The van der Waals surface area contributed by atoms with Crippen molar-refractivity contribution in [3.05, 3.63) is 48.3 Å². The summed E-state index contributed by atoms with van der Waals surface area (Å²) in [5, 5.41) is 0. The number of carbonyl (C=O) groups is 2. The van der Waals surface area contributed by atoms with Crippen LogP contribution in [0.4, 0.5) is 0 Å². The number of nitrogens with zero attached hydrogens (tertiary/aromatic N) is 1.